The van der Waals surface area contributed by atoms with Crippen LogP contribution < -0.4 is 4.90 Å². The van der Waals surface area contributed by atoms with E-state index in [1.165, 1.54) is 5.56 Å². The molecule has 22 heavy (non-hydrogen) atoms. The lowest BCUT2D eigenvalue weighted by atomic mass is 10.1. The molecule has 0 spiro atoms. The number of tetrazole rings is 1. The molecule has 0 aliphatic carbocycles. The summed E-state index contributed by atoms with van der Waals surface area (Å²) < 4.78 is 1.65. The Hall–Kier alpha value is -2.28. The van der Waals surface area contributed by atoms with Crippen LogP contribution in [0.3, 0.4) is 0 Å². The third kappa shape index (κ3) is 2.71. The molecular weight excluding hydrogens is 280 g/mol. The fourth-order valence-electron chi connectivity index (χ4n) is 2.77. The van der Waals surface area contributed by atoms with E-state index in [1.807, 2.05) is 50.1 Å². The highest BCUT2D eigenvalue weighted by Gasteiger charge is 2.30. The lowest BCUT2D eigenvalue weighted by molar-refractivity contribution is -0.122. The summed E-state index contributed by atoms with van der Waals surface area (Å²) in [5, 5.41) is 11.6. The molecule has 0 saturated carbocycles. The van der Waals surface area contributed by atoms with Crippen LogP contribution >= 0.6 is 0 Å². The molecule has 0 radical (unpaired) electrons. The highest BCUT2D eigenvalue weighted by molar-refractivity contribution is 5.95. The van der Waals surface area contributed by atoms with Gasteiger partial charge in [-0.1, -0.05) is 17.7 Å². The van der Waals surface area contributed by atoms with Gasteiger partial charge in [-0.2, -0.15) is 0 Å². The van der Waals surface area contributed by atoms with Gasteiger partial charge in [-0.25, -0.2) is 4.68 Å². The van der Waals surface area contributed by atoms with E-state index in [1.54, 1.807) is 4.68 Å². The van der Waals surface area contributed by atoms with E-state index in [-0.39, 0.29) is 11.9 Å². The zero-order valence-corrected chi connectivity index (χ0v) is 13.1. The van der Waals surface area contributed by atoms with E-state index >= 15 is 0 Å². The molecule has 1 atom stereocenters. The Morgan fingerprint density at radius 3 is 2.50 bits per heavy atom. The third-order valence-electron chi connectivity index (χ3n) is 4.17. The topological polar surface area (TPSA) is 67.2 Å². The first kappa shape index (κ1) is 14.6. The van der Waals surface area contributed by atoms with Gasteiger partial charge in [-0.3, -0.25) is 9.69 Å². The molecule has 1 aliphatic heterocycles. The summed E-state index contributed by atoms with van der Waals surface area (Å²) in [6, 6.07) is 8.08. The molecule has 7 nitrogen and oxygen atoms in total. The summed E-state index contributed by atoms with van der Waals surface area (Å²) in [6.07, 6.45) is 0. The van der Waals surface area contributed by atoms with E-state index in [2.05, 4.69) is 20.4 Å². The van der Waals surface area contributed by atoms with Gasteiger partial charge in [-0.15, -0.1) is 5.10 Å². The van der Waals surface area contributed by atoms with Crippen molar-refractivity contribution in [1.82, 2.24) is 25.1 Å². The Bertz CT molecular complexity index is 665. The number of nitrogens with zero attached hydrogens (tertiary/aromatic N) is 6. The van der Waals surface area contributed by atoms with Gasteiger partial charge in [0.05, 0.1) is 12.6 Å². The van der Waals surface area contributed by atoms with Crippen molar-refractivity contribution in [3.63, 3.8) is 0 Å². The predicted molar refractivity (Wildman–Crippen MR) is 82.3 cm³/mol. The van der Waals surface area contributed by atoms with E-state index in [0.29, 0.717) is 13.1 Å². The maximum atomic E-state index is 12.5. The quantitative estimate of drug-likeness (QED) is 0.843. The Balaban J connectivity index is 1.71. The summed E-state index contributed by atoms with van der Waals surface area (Å²) in [4.78, 5) is 16.4. The third-order valence-corrected chi connectivity index (χ3v) is 4.17. The highest BCUT2D eigenvalue weighted by Crippen LogP contribution is 2.23. The van der Waals surface area contributed by atoms with Crippen LogP contribution in [0.15, 0.2) is 24.3 Å². The number of piperazine rings is 1. The minimum Gasteiger partial charge on any atom is -0.310 e. The molecule has 1 amide bonds. The summed E-state index contributed by atoms with van der Waals surface area (Å²) >= 11 is 0. The molecule has 1 fully saturated rings. The number of rotatable bonds is 3. The number of hydrogen-bond acceptors (Lipinski definition) is 5. The molecule has 7 heteroatoms. The monoisotopic (exact) mass is 300 g/mol. The number of amides is 1. The molecule has 1 aliphatic rings. The molecule has 1 aromatic heterocycles. The Labute approximate surface area is 129 Å². The molecule has 1 saturated heterocycles. The molecule has 2 aromatic rings. The average molecular weight is 300 g/mol. The van der Waals surface area contributed by atoms with E-state index in [4.69, 9.17) is 0 Å². The van der Waals surface area contributed by atoms with Crippen LogP contribution in [0, 0.1) is 6.92 Å². The number of aromatic nitrogens is 4. The van der Waals surface area contributed by atoms with Crippen LogP contribution in [0.5, 0.6) is 0 Å². The van der Waals surface area contributed by atoms with Gasteiger partial charge in [0, 0.05) is 25.8 Å². The second kappa shape index (κ2) is 5.84. The lowest BCUT2D eigenvalue weighted by Crippen LogP contribution is -2.51. The van der Waals surface area contributed by atoms with Crippen molar-refractivity contribution in [3.8, 4) is 0 Å². The smallest absolute Gasteiger partial charge is 0.241 e. The number of aryl methyl sites for hydroxylation is 2. The fraction of sp³-hybridized carbons (Fsp3) is 0.467. The fourth-order valence-corrected chi connectivity index (χ4v) is 2.77. The van der Waals surface area contributed by atoms with Gasteiger partial charge in [-0.05, 0) is 36.4 Å². The van der Waals surface area contributed by atoms with Crippen molar-refractivity contribution in [1.29, 1.82) is 0 Å². The van der Waals surface area contributed by atoms with Crippen LogP contribution in [-0.4, -0.2) is 50.6 Å². The van der Waals surface area contributed by atoms with Crippen molar-refractivity contribution >= 4 is 11.6 Å². The van der Waals surface area contributed by atoms with Crippen LogP contribution in [-0.2, 0) is 11.8 Å². The zero-order chi connectivity index (χ0) is 15.7. The summed E-state index contributed by atoms with van der Waals surface area (Å²) in [5.74, 6) is 0.883. The normalized spacial score (nSPS) is 17.8. The molecule has 3 rings (SSSR count). The molecule has 116 valence electrons. The van der Waals surface area contributed by atoms with Gasteiger partial charge in [0.15, 0.2) is 5.82 Å². The van der Waals surface area contributed by atoms with Gasteiger partial charge in [0.2, 0.25) is 5.91 Å². The van der Waals surface area contributed by atoms with Crippen molar-refractivity contribution in [3.05, 3.63) is 35.7 Å². The van der Waals surface area contributed by atoms with Crippen molar-refractivity contribution in [2.75, 3.05) is 24.5 Å². The van der Waals surface area contributed by atoms with Crippen molar-refractivity contribution in [2.24, 2.45) is 7.05 Å². The van der Waals surface area contributed by atoms with E-state index in [0.717, 1.165) is 18.1 Å². The second-order valence-electron chi connectivity index (χ2n) is 5.69. The Kier molecular flexibility index (Phi) is 3.89. The van der Waals surface area contributed by atoms with E-state index in [9.17, 15) is 4.79 Å². The van der Waals surface area contributed by atoms with Gasteiger partial charge in [0.1, 0.15) is 0 Å². The maximum Gasteiger partial charge on any atom is 0.241 e. The first-order chi connectivity index (χ1) is 10.6. The van der Waals surface area contributed by atoms with Crippen LogP contribution in [0.25, 0.3) is 0 Å². The molecule has 2 heterocycles. The zero-order valence-electron chi connectivity index (χ0n) is 13.1. The van der Waals surface area contributed by atoms with Gasteiger partial charge in [0.25, 0.3) is 0 Å². The number of carbonyl (C=O) groups excluding carboxylic acids is 1. The van der Waals surface area contributed by atoms with Crippen LogP contribution in [0.4, 0.5) is 5.69 Å². The van der Waals surface area contributed by atoms with Crippen molar-refractivity contribution < 1.29 is 4.79 Å². The number of hydrogen-bond donors (Lipinski definition) is 0. The Morgan fingerprint density at radius 2 is 1.91 bits per heavy atom. The number of carbonyl (C=O) groups is 1. The summed E-state index contributed by atoms with van der Waals surface area (Å²) in [6.45, 7) is 5.92. The predicted octanol–water partition coefficient (Wildman–Crippen LogP) is 0.928. The summed E-state index contributed by atoms with van der Waals surface area (Å²) in [5.41, 5.74) is 2.15. The highest BCUT2D eigenvalue weighted by atomic mass is 16.2. The average Bonchev–Trinajstić information content (AvgIpc) is 2.93. The van der Waals surface area contributed by atoms with Crippen molar-refractivity contribution in [2.45, 2.75) is 19.9 Å². The number of benzene rings is 1. The molecule has 0 N–H and O–H groups in total. The molecule has 1 aromatic carbocycles. The van der Waals surface area contributed by atoms with E-state index < -0.39 is 0 Å². The van der Waals surface area contributed by atoms with Gasteiger partial charge < -0.3 is 4.90 Å². The number of anilines is 1. The lowest BCUT2D eigenvalue weighted by Gasteiger charge is -2.36. The Morgan fingerprint density at radius 1 is 1.18 bits per heavy atom. The molecule has 0 bridgehead atoms. The minimum atomic E-state index is 0.0177. The minimum absolute atomic E-state index is 0.0177. The van der Waals surface area contributed by atoms with Crippen LogP contribution in [0.2, 0.25) is 0 Å². The first-order valence-corrected chi connectivity index (χ1v) is 7.39. The largest absolute Gasteiger partial charge is 0.310 e. The SMILES string of the molecule is Cc1ccc(N2CCN(C(C)c3nnnn3C)CC2=O)cc1. The van der Waals surface area contributed by atoms with Crippen LogP contribution in [0.1, 0.15) is 24.4 Å². The summed E-state index contributed by atoms with van der Waals surface area (Å²) in [7, 11) is 1.82. The first-order valence-electron chi connectivity index (χ1n) is 7.39. The molecular formula is C15H20N6O. The maximum absolute atomic E-state index is 12.5. The molecule has 1 unspecified atom stereocenters. The van der Waals surface area contributed by atoms with Gasteiger partial charge >= 0.3 is 0 Å². The second-order valence-corrected chi connectivity index (χ2v) is 5.69. The standard InChI is InChI=1S/C15H20N6O/c1-11-4-6-13(7-5-11)21-9-8-20(10-14(21)22)12(2)15-16-17-18-19(15)3/h4-7,12H,8-10H2,1-3H3.